The van der Waals surface area contributed by atoms with E-state index in [-0.39, 0.29) is 55.9 Å². The summed E-state index contributed by atoms with van der Waals surface area (Å²) in [5, 5.41) is 0. The summed E-state index contributed by atoms with van der Waals surface area (Å²) in [7, 11) is 0. The molecular formula is C58H98O7. The van der Waals surface area contributed by atoms with Crippen molar-refractivity contribution in [3.8, 4) is 0 Å². The first-order valence-corrected chi connectivity index (χ1v) is 23.8. The van der Waals surface area contributed by atoms with Crippen LogP contribution in [-0.2, 0) is 35.2 Å². The molecule has 0 aromatic heterocycles. The number of carbonyl (C=O) groups excluding carboxylic acids is 7. The molecule has 0 aliphatic heterocycles. The van der Waals surface area contributed by atoms with Crippen LogP contribution in [0.5, 0.6) is 0 Å². The number of hydrogen-bond acceptors (Lipinski definition) is 7. The zero-order valence-electron chi connectivity index (χ0n) is 46.2. The summed E-state index contributed by atoms with van der Waals surface area (Å²) in [6.07, 6.45) is 6.97. The topological polar surface area (TPSA) is 119 Å². The number of ketones is 6. The van der Waals surface area contributed by atoms with E-state index in [9.17, 15) is 33.6 Å². The lowest BCUT2D eigenvalue weighted by molar-refractivity contribution is -0.129. The molecule has 0 bridgehead atoms. The van der Waals surface area contributed by atoms with E-state index < -0.39 is 0 Å². The molecule has 2 aromatic carbocycles. The number of benzene rings is 2. The third-order valence-corrected chi connectivity index (χ3v) is 9.92. The maximum atomic E-state index is 11.7. The molecule has 0 amide bonds. The molecule has 1 aliphatic rings. The highest BCUT2D eigenvalue weighted by Gasteiger charge is 2.25. The van der Waals surface area contributed by atoms with E-state index in [1.807, 2.05) is 220 Å². The van der Waals surface area contributed by atoms with Crippen LogP contribution in [0.25, 0.3) is 0 Å². The Morgan fingerprint density at radius 3 is 1.11 bits per heavy atom. The quantitative estimate of drug-likeness (QED) is 0.200. The van der Waals surface area contributed by atoms with Gasteiger partial charge in [0, 0.05) is 68.6 Å². The number of Topliss-reactive ketones (excluding diaryl/α,β-unsaturated/α-hetero) is 6. The van der Waals surface area contributed by atoms with Crippen molar-refractivity contribution in [1.82, 2.24) is 0 Å². The van der Waals surface area contributed by atoms with Gasteiger partial charge in [-0.2, -0.15) is 0 Å². The van der Waals surface area contributed by atoms with Gasteiger partial charge in [0.2, 0.25) is 0 Å². The van der Waals surface area contributed by atoms with E-state index in [4.69, 9.17) is 0 Å². The fraction of sp³-hybridized carbons (Fsp3) is 0.672. The van der Waals surface area contributed by atoms with Crippen LogP contribution >= 0.6 is 0 Å². The molecule has 65 heavy (non-hydrogen) atoms. The SMILES string of the molecule is CC(=O)C(C)(C)C.CC(C)(C)C(=O)Cc1ccccc1.CC(C)(C)C(=O)c1ccccc1.CC(C)(C)C=O.CC(C)C(=O)C(C)(C)C.CC(C)C(=O)C1CCCC1.CCC(=O)C(C)(C)C. The minimum absolute atomic E-state index is 0.130. The molecule has 372 valence electrons. The van der Waals surface area contributed by atoms with Crippen molar-refractivity contribution in [3.05, 3.63) is 71.8 Å². The standard InChI is InChI=1S/C12H16O.C11H14O.C9H16O.C8H16O.C7H14O.C6H12O.C5H10O/c1-12(2,3)11(13)9-10-7-5-4-6-8-10;1-11(2,3)10(12)9-7-5-4-6-8-9;1-7(2)9(10)8-5-3-4-6-8;1-6(2)7(9)8(3,4)5;1-5-6(8)7(2,3)4;1-5(7)6(2,3)4;1-5(2,3)4-6/h4-8H,9H2,1-3H3;4-8H,1-3H3;7-8H,3-6H2,1-2H3;6H,1-5H3;5H2,1-4H3;1-4H3;4H,1-3H3. The van der Waals surface area contributed by atoms with Crippen molar-refractivity contribution in [2.45, 2.75) is 205 Å². The molecule has 1 aliphatic carbocycles. The van der Waals surface area contributed by atoms with Gasteiger partial charge in [0.05, 0.1) is 0 Å². The first-order valence-electron chi connectivity index (χ1n) is 23.8. The summed E-state index contributed by atoms with van der Waals surface area (Å²) in [4.78, 5) is 76.9. The molecule has 0 spiro atoms. The van der Waals surface area contributed by atoms with Gasteiger partial charge in [0.15, 0.2) is 5.78 Å². The lowest BCUT2D eigenvalue weighted by atomic mass is 9.85. The fourth-order valence-electron chi connectivity index (χ4n) is 5.15. The number of rotatable bonds is 7. The Morgan fingerprint density at radius 2 is 0.892 bits per heavy atom. The van der Waals surface area contributed by atoms with Gasteiger partial charge in [-0.05, 0) is 25.3 Å². The third kappa shape index (κ3) is 37.0. The summed E-state index contributed by atoms with van der Waals surface area (Å²) in [5.74, 6) is 2.72. The Bertz CT molecular complexity index is 1670. The number of aldehydes is 1. The van der Waals surface area contributed by atoms with Crippen LogP contribution in [-0.4, -0.2) is 41.0 Å². The van der Waals surface area contributed by atoms with Gasteiger partial charge in [-0.25, -0.2) is 0 Å². The van der Waals surface area contributed by atoms with Crippen LogP contribution in [0.4, 0.5) is 0 Å². The van der Waals surface area contributed by atoms with Crippen molar-refractivity contribution in [2.75, 3.05) is 0 Å². The molecule has 1 saturated carbocycles. The maximum absolute atomic E-state index is 11.7. The second-order valence-electron chi connectivity index (χ2n) is 23.9. The van der Waals surface area contributed by atoms with Crippen LogP contribution < -0.4 is 0 Å². The summed E-state index contributed by atoms with van der Waals surface area (Å²) >= 11 is 0. The van der Waals surface area contributed by atoms with Crippen molar-refractivity contribution < 1.29 is 33.6 Å². The zero-order valence-corrected chi connectivity index (χ0v) is 46.2. The molecule has 0 heterocycles. The lowest BCUT2D eigenvalue weighted by Gasteiger charge is -2.18. The highest BCUT2D eigenvalue weighted by molar-refractivity contribution is 5.99. The summed E-state index contributed by atoms with van der Waals surface area (Å²) < 4.78 is 0. The van der Waals surface area contributed by atoms with Crippen molar-refractivity contribution in [3.63, 3.8) is 0 Å². The van der Waals surface area contributed by atoms with Crippen molar-refractivity contribution in [2.24, 2.45) is 50.2 Å². The van der Waals surface area contributed by atoms with Gasteiger partial charge in [-0.3, -0.25) is 28.8 Å². The van der Waals surface area contributed by atoms with Crippen LogP contribution in [0.2, 0.25) is 0 Å². The van der Waals surface area contributed by atoms with Gasteiger partial charge >= 0.3 is 0 Å². The highest BCUT2D eigenvalue weighted by atomic mass is 16.1. The van der Waals surface area contributed by atoms with Gasteiger partial charge in [0.1, 0.15) is 35.2 Å². The fourth-order valence-corrected chi connectivity index (χ4v) is 5.15. The Morgan fingerprint density at radius 1 is 0.538 bits per heavy atom. The molecule has 7 heteroatoms. The Balaban J connectivity index is -0.000000339. The van der Waals surface area contributed by atoms with Crippen LogP contribution in [0.1, 0.15) is 214 Å². The van der Waals surface area contributed by atoms with E-state index >= 15 is 0 Å². The molecule has 1 fully saturated rings. The van der Waals surface area contributed by atoms with Crippen molar-refractivity contribution >= 4 is 41.0 Å². The molecule has 7 nitrogen and oxygen atoms in total. The first kappa shape index (κ1) is 67.7. The van der Waals surface area contributed by atoms with E-state index in [1.54, 1.807) is 6.92 Å². The zero-order chi connectivity index (χ0) is 52.4. The van der Waals surface area contributed by atoms with E-state index in [0.717, 1.165) is 30.3 Å². The van der Waals surface area contributed by atoms with E-state index in [1.165, 1.54) is 12.8 Å². The number of carbonyl (C=O) groups is 7. The summed E-state index contributed by atoms with van der Waals surface area (Å²) in [6, 6.07) is 19.3. The molecule has 0 unspecified atom stereocenters. The second-order valence-corrected chi connectivity index (χ2v) is 23.9. The Hall–Kier alpha value is -3.87. The van der Waals surface area contributed by atoms with Crippen LogP contribution in [0.15, 0.2) is 60.7 Å². The van der Waals surface area contributed by atoms with Crippen molar-refractivity contribution in [1.29, 1.82) is 0 Å². The highest BCUT2D eigenvalue weighted by Crippen LogP contribution is 2.27. The molecule has 2 aromatic rings. The van der Waals surface area contributed by atoms with Crippen LogP contribution in [0.3, 0.4) is 0 Å². The minimum atomic E-state index is -0.276. The second kappa shape index (κ2) is 31.2. The maximum Gasteiger partial charge on any atom is 0.168 e. The largest absolute Gasteiger partial charge is 0.303 e. The Kier molecular flexibility index (Phi) is 32.5. The summed E-state index contributed by atoms with van der Waals surface area (Å²) in [6.45, 7) is 46.1. The van der Waals surface area contributed by atoms with Gasteiger partial charge in [-0.15, -0.1) is 0 Å². The van der Waals surface area contributed by atoms with Gasteiger partial charge < -0.3 is 4.79 Å². The molecule has 0 N–H and O–H groups in total. The molecule has 0 atom stereocenters. The predicted molar refractivity (Wildman–Crippen MR) is 276 cm³/mol. The van der Waals surface area contributed by atoms with E-state index in [0.29, 0.717) is 41.9 Å². The molecule has 0 radical (unpaired) electrons. The molecule has 3 rings (SSSR count). The smallest absolute Gasteiger partial charge is 0.168 e. The lowest BCUT2D eigenvalue weighted by Crippen LogP contribution is -2.24. The molecule has 0 saturated heterocycles. The predicted octanol–water partition coefficient (Wildman–Crippen LogP) is 15.3. The van der Waals surface area contributed by atoms with Gasteiger partial charge in [0.25, 0.3) is 0 Å². The van der Waals surface area contributed by atoms with E-state index in [2.05, 4.69) is 0 Å². The normalized spacial score (nSPS) is 12.8. The third-order valence-electron chi connectivity index (χ3n) is 9.92. The number of hydrogen-bond donors (Lipinski definition) is 0. The minimum Gasteiger partial charge on any atom is -0.303 e. The van der Waals surface area contributed by atoms with Crippen LogP contribution in [0, 0.1) is 50.2 Å². The monoisotopic (exact) mass is 907 g/mol. The average Bonchev–Trinajstić information content (AvgIpc) is 3.72. The van der Waals surface area contributed by atoms with Gasteiger partial charge in [-0.1, -0.05) is 233 Å². The summed E-state index contributed by atoms with van der Waals surface area (Å²) in [5.41, 5.74) is 0.826. The first-order chi connectivity index (χ1) is 29.1. The Labute approximate surface area is 399 Å². The average molecular weight is 907 g/mol. The molecular weight excluding hydrogens is 809 g/mol.